The fourth-order valence-electron chi connectivity index (χ4n) is 4.71. The summed E-state index contributed by atoms with van der Waals surface area (Å²) in [6.45, 7) is 3.85. The van der Waals surface area contributed by atoms with Crippen molar-refractivity contribution in [1.29, 1.82) is 0 Å². The van der Waals surface area contributed by atoms with E-state index in [-0.39, 0.29) is 11.3 Å². The van der Waals surface area contributed by atoms with Gasteiger partial charge in [-0.3, -0.25) is 14.5 Å². The minimum Gasteiger partial charge on any atom is -0.503 e. The van der Waals surface area contributed by atoms with E-state index >= 15 is 0 Å². The van der Waals surface area contributed by atoms with Crippen molar-refractivity contribution in [3.63, 3.8) is 0 Å². The topological polar surface area (TPSA) is 89.2 Å². The molecule has 1 atom stereocenters. The first-order chi connectivity index (χ1) is 17.4. The number of fused-ring (bicyclic) bond motifs is 1. The molecule has 0 aliphatic carbocycles. The third-order valence-electron chi connectivity index (χ3n) is 6.67. The van der Waals surface area contributed by atoms with Crippen LogP contribution in [0.3, 0.4) is 0 Å². The Bertz CT molecular complexity index is 1550. The molecule has 5 rings (SSSR count). The molecule has 182 valence electrons. The van der Waals surface area contributed by atoms with Crippen molar-refractivity contribution in [3.8, 4) is 11.5 Å². The first-order valence-electron chi connectivity index (χ1n) is 11.4. The van der Waals surface area contributed by atoms with Crippen LogP contribution in [-0.4, -0.2) is 31.0 Å². The number of benzene rings is 3. The summed E-state index contributed by atoms with van der Waals surface area (Å²) < 4.78 is 16.8. The maximum absolute atomic E-state index is 13.9. The van der Waals surface area contributed by atoms with E-state index in [9.17, 15) is 14.7 Å². The predicted molar refractivity (Wildman–Crippen MR) is 136 cm³/mol. The lowest BCUT2D eigenvalue weighted by atomic mass is 9.93. The molecule has 1 aliphatic rings. The Kier molecular flexibility index (Phi) is 5.76. The maximum Gasteiger partial charge on any atom is 0.294 e. The second kappa shape index (κ2) is 8.92. The highest BCUT2D eigenvalue weighted by Crippen LogP contribution is 2.46. The highest BCUT2D eigenvalue weighted by atomic mass is 16.5. The molecule has 1 aromatic heterocycles. The number of carbonyl (C=O) groups is 2. The Hall–Kier alpha value is -4.52. The number of aryl methyl sites for hydroxylation is 1. The molecule has 0 bridgehead atoms. The quantitative estimate of drug-likeness (QED) is 0.346. The maximum atomic E-state index is 13.9. The first-order valence-corrected chi connectivity index (χ1v) is 11.4. The smallest absolute Gasteiger partial charge is 0.294 e. The summed E-state index contributed by atoms with van der Waals surface area (Å²) in [5, 5.41) is 11.8. The summed E-state index contributed by atoms with van der Waals surface area (Å²) in [5.74, 6) is -0.933. The van der Waals surface area contributed by atoms with Gasteiger partial charge in [0.15, 0.2) is 22.9 Å². The van der Waals surface area contributed by atoms with Gasteiger partial charge in [-0.25, -0.2) is 0 Å². The van der Waals surface area contributed by atoms with Crippen LogP contribution < -0.4 is 14.4 Å². The fourth-order valence-corrected chi connectivity index (χ4v) is 4.71. The fraction of sp³-hybridized carbons (Fsp3) is 0.172. The van der Waals surface area contributed by atoms with Gasteiger partial charge in [-0.2, -0.15) is 0 Å². The molecule has 1 aliphatic heterocycles. The number of anilines is 1. The summed E-state index contributed by atoms with van der Waals surface area (Å²) >= 11 is 0. The SMILES string of the molecule is COc1ccccc1C1C(C(=O)c2cc3cccc(OC)c3o2)=C(O)C(=O)N1c1cccc(C)c1C. The molecule has 4 aromatic rings. The van der Waals surface area contributed by atoms with Gasteiger partial charge in [0.2, 0.25) is 5.78 Å². The Labute approximate surface area is 208 Å². The zero-order chi connectivity index (χ0) is 25.6. The molecule has 36 heavy (non-hydrogen) atoms. The minimum atomic E-state index is -0.934. The number of ketones is 1. The number of nitrogens with zero attached hydrogens (tertiary/aromatic N) is 1. The largest absolute Gasteiger partial charge is 0.503 e. The van der Waals surface area contributed by atoms with E-state index in [1.807, 2.05) is 26.0 Å². The zero-order valence-electron chi connectivity index (χ0n) is 20.4. The van der Waals surface area contributed by atoms with Crippen LogP contribution in [0, 0.1) is 13.8 Å². The highest BCUT2D eigenvalue weighted by molar-refractivity contribution is 6.21. The summed E-state index contributed by atoms with van der Waals surface area (Å²) in [7, 11) is 3.04. The highest BCUT2D eigenvalue weighted by Gasteiger charge is 2.46. The van der Waals surface area contributed by atoms with Gasteiger partial charge in [-0.05, 0) is 49.2 Å². The van der Waals surface area contributed by atoms with E-state index in [0.717, 1.165) is 11.1 Å². The Balaban J connectivity index is 1.72. The molecule has 7 nitrogen and oxygen atoms in total. The predicted octanol–water partition coefficient (Wildman–Crippen LogP) is 5.85. The molecule has 1 amide bonds. The van der Waals surface area contributed by atoms with Crippen LogP contribution >= 0.6 is 0 Å². The summed E-state index contributed by atoms with van der Waals surface area (Å²) in [5.41, 5.74) is 3.33. The number of para-hydroxylation sites is 2. The van der Waals surface area contributed by atoms with Crippen LogP contribution in [0.4, 0.5) is 5.69 Å². The number of rotatable bonds is 6. The molecule has 0 fully saturated rings. The number of aliphatic hydroxyl groups excluding tert-OH is 1. The lowest BCUT2D eigenvalue weighted by molar-refractivity contribution is -0.117. The molecule has 2 heterocycles. The van der Waals surface area contributed by atoms with Gasteiger partial charge in [0, 0.05) is 16.6 Å². The standard InChI is InChI=1S/C29H25NO6/c1-16-9-7-12-20(17(16)2)30-25(19-11-5-6-13-21(19)34-3)24(27(32)29(30)33)26(31)23-15-18-10-8-14-22(35-4)28(18)36-23/h5-15,25,32H,1-4H3. The summed E-state index contributed by atoms with van der Waals surface area (Å²) in [6, 6.07) is 18.7. The number of hydrogen-bond acceptors (Lipinski definition) is 6. The van der Waals surface area contributed by atoms with Crippen molar-refractivity contribution in [2.24, 2.45) is 0 Å². The van der Waals surface area contributed by atoms with Gasteiger partial charge in [0.05, 0.1) is 25.8 Å². The Morgan fingerprint density at radius 3 is 2.39 bits per heavy atom. The van der Waals surface area contributed by atoms with Crippen molar-refractivity contribution in [2.45, 2.75) is 19.9 Å². The number of hydrogen-bond donors (Lipinski definition) is 1. The first kappa shape index (κ1) is 23.2. The number of furan rings is 1. The van der Waals surface area contributed by atoms with Gasteiger partial charge >= 0.3 is 0 Å². The third-order valence-corrected chi connectivity index (χ3v) is 6.67. The van der Waals surface area contributed by atoms with Crippen LogP contribution in [0.2, 0.25) is 0 Å². The molecule has 3 aromatic carbocycles. The second-order valence-electron chi connectivity index (χ2n) is 8.62. The van der Waals surface area contributed by atoms with Crippen LogP contribution in [0.15, 0.2) is 82.5 Å². The normalized spacial score (nSPS) is 15.6. The van der Waals surface area contributed by atoms with Gasteiger partial charge in [0.25, 0.3) is 5.91 Å². The number of methoxy groups -OCH3 is 2. The number of amides is 1. The van der Waals surface area contributed by atoms with E-state index in [4.69, 9.17) is 13.9 Å². The molecule has 0 saturated heterocycles. The molecule has 1 unspecified atom stereocenters. The molecule has 1 N–H and O–H groups in total. The minimum absolute atomic E-state index is 0.00781. The third kappa shape index (κ3) is 3.51. The molecule has 0 spiro atoms. The van der Waals surface area contributed by atoms with Gasteiger partial charge in [-0.15, -0.1) is 0 Å². The average molecular weight is 484 g/mol. The Morgan fingerprint density at radius 2 is 1.64 bits per heavy atom. The van der Waals surface area contributed by atoms with Gasteiger partial charge < -0.3 is 19.0 Å². The average Bonchev–Trinajstić information content (AvgIpc) is 3.44. The Morgan fingerprint density at radius 1 is 0.944 bits per heavy atom. The molecular weight excluding hydrogens is 458 g/mol. The lowest BCUT2D eigenvalue weighted by Gasteiger charge is -2.29. The second-order valence-corrected chi connectivity index (χ2v) is 8.62. The van der Waals surface area contributed by atoms with Crippen molar-refractivity contribution in [1.82, 2.24) is 0 Å². The number of ether oxygens (including phenoxy) is 2. The van der Waals surface area contributed by atoms with E-state index < -0.39 is 23.5 Å². The summed E-state index contributed by atoms with van der Waals surface area (Å²) in [4.78, 5) is 28.9. The van der Waals surface area contributed by atoms with Crippen molar-refractivity contribution in [2.75, 3.05) is 19.1 Å². The van der Waals surface area contributed by atoms with Gasteiger partial charge in [0.1, 0.15) is 5.75 Å². The van der Waals surface area contributed by atoms with Crippen LogP contribution in [0.5, 0.6) is 11.5 Å². The summed E-state index contributed by atoms with van der Waals surface area (Å²) in [6.07, 6.45) is 0. The molecule has 0 radical (unpaired) electrons. The zero-order valence-corrected chi connectivity index (χ0v) is 20.4. The van der Waals surface area contributed by atoms with E-state index in [0.29, 0.717) is 33.7 Å². The number of Topliss-reactive ketones (excluding diaryl/α,β-unsaturated/α-hetero) is 1. The molecular formula is C29H25NO6. The monoisotopic (exact) mass is 483 g/mol. The van der Waals surface area contributed by atoms with Crippen LogP contribution in [-0.2, 0) is 4.79 Å². The van der Waals surface area contributed by atoms with Crippen LogP contribution in [0.25, 0.3) is 11.0 Å². The van der Waals surface area contributed by atoms with E-state index in [1.54, 1.807) is 54.6 Å². The van der Waals surface area contributed by atoms with Crippen molar-refractivity contribution >= 4 is 28.3 Å². The number of aliphatic hydroxyl groups is 1. The van der Waals surface area contributed by atoms with E-state index in [2.05, 4.69) is 0 Å². The van der Waals surface area contributed by atoms with Gasteiger partial charge in [-0.1, -0.05) is 42.5 Å². The van der Waals surface area contributed by atoms with Crippen molar-refractivity contribution < 1.29 is 28.6 Å². The molecule has 7 heteroatoms. The van der Waals surface area contributed by atoms with Crippen LogP contribution in [0.1, 0.15) is 33.3 Å². The molecule has 0 saturated carbocycles. The van der Waals surface area contributed by atoms with E-state index in [1.165, 1.54) is 19.1 Å². The van der Waals surface area contributed by atoms with Crippen molar-refractivity contribution in [3.05, 3.63) is 101 Å². The number of carbonyl (C=O) groups excluding carboxylic acids is 2. The lowest BCUT2D eigenvalue weighted by Crippen LogP contribution is -2.32.